The van der Waals surface area contributed by atoms with Gasteiger partial charge in [-0.2, -0.15) is 0 Å². The summed E-state index contributed by atoms with van der Waals surface area (Å²) in [4.78, 5) is 13.4. The van der Waals surface area contributed by atoms with Crippen LogP contribution < -0.4 is 28.5 Å². The molecule has 37 heavy (non-hydrogen) atoms. The number of rotatable bonds is 4. The van der Waals surface area contributed by atoms with E-state index in [1.54, 1.807) is 0 Å². The van der Waals surface area contributed by atoms with Crippen LogP contribution in [0, 0.1) is 31.0 Å². The number of nitrogens with zero attached hydrogens (tertiary/aromatic N) is 3. The molecule has 4 aromatic rings. The van der Waals surface area contributed by atoms with Crippen molar-refractivity contribution < 1.29 is 38.2 Å². The first kappa shape index (κ1) is 26.5. The van der Waals surface area contributed by atoms with Gasteiger partial charge in [-0.15, -0.1) is 10.2 Å². The van der Waals surface area contributed by atoms with Crippen LogP contribution in [0.25, 0.3) is 5.69 Å². The lowest BCUT2D eigenvalue weighted by molar-refractivity contribution is -2.00. The summed E-state index contributed by atoms with van der Waals surface area (Å²) in [7, 11) is -4.94. The van der Waals surface area contributed by atoms with Crippen LogP contribution in [0.4, 0.5) is 0 Å². The highest BCUT2D eigenvalue weighted by Gasteiger charge is 2.38. The molecule has 0 fully saturated rings. The smallest absolute Gasteiger partial charge is 0.265 e. The second kappa shape index (κ2) is 10.8. The third-order valence-electron chi connectivity index (χ3n) is 6.35. The Kier molecular flexibility index (Phi) is 7.72. The Morgan fingerprint density at radius 1 is 0.973 bits per heavy atom. The van der Waals surface area contributed by atoms with E-state index in [1.165, 1.54) is 16.7 Å². The number of amides is 1. The lowest BCUT2D eigenvalue weighted by Crippen LogP contribution is -2.68. The van der Waals surface area contributed by atoms with Crippen LogP contribution in [0.2, 0.25) is 0 Å². The molecule has 1 aromatic heterocycles. The van der Waals surface area contributed by atoms with Gasteiger partial charge < -0.3 is 5.32 Å². The maximum atomic E-state index is 13.4. The number of hydrogen-bond donors (Lipinski definition) is 1. The van der Waals surface area contributed by atoms with Gasteiger partial charge >= 0.3 is 0 Å². The van der Waals surface area contributed by atoms with Gasteiger partial charge in [0, 0.05) is 17.1 Å². The van der Waals surface area contributed by atoms with E-state index in [1.807, 2.05) is 67.6 Å². The third-order valence-corrected chi connectivity index (χ3v) is 6.35. The monoisotopic (exact) mass is 522 g/mol. The van der Waals surface area contributed by atoms with Crippen LogP contribution in [-0.2, 0) is 6.42 Å². The van der Waals surface area contributed by atoms with Gasteiger partial charge in [-0.3, -0.25) is 4.79 Å². The highest BCUT2D eigenvalue weighted by Crippen LogP contribution is 2.36. The van der Waals surface area contributed by atoms with Crippen molar-refractivity contribution in [3.63, 3.8) is 0 Å². The second-order valence-corrected chi connectivity index (χ2v) is 9.80. The van der Waals surface area contributed by atoms with Crippen molar-refractivity contribution in [2.45, 2.75) is 39.3 Å². The molecule has 1 heterocycles. The zero-order valence-corrected chi connectivity index (χ0v) is 21.4. The predicted molar refractivity (Wildman–Crippen MR) is 124 cm³/mol. The molecule has 0 spiro atoms. The number of para-hydroxylation sites is 1. The number of fused-ring (bicyclic) bond motifs is 1. The summed E-state index contributed by atoms with van der Waals surface area (Å²) in [5, 5.41) is 7.92. The number of nitrogens with one attached hydrogen (secondary N) is 1. The molecule has 1 N–H and O–H groups in total. The van der Waals surface area contributed by atoms with E-state index in [0.29, 0.717) is 0 Å². The minimum atomic E-state index is -4.94. The van der Waals surface area contributed by atoms with E-state index >= 15 is 0 Å². The minimum Gasteiger partial charge on any atom is -0.342 e. The fourth-order valence-electron chi connectivity index (χ4n) is 4.96. The van der Waals surface area contributed by atoms with Crippen LogP contribution in [-0.4, -0.2) is 15.7 Å². The Balaban J connectivity index is 0.000000586. The summed E-state index contributed by atoms with van der Waals surface area (Å²) >= 11 is 0. The third kappa shape index (κ3) is 6.40. The second-order valence-electron chi connectivity index (χ2n) is 9.05. The van der Waals surface area contributed by atoms with Gasteiger partial charge in [-0.05, 0) is 55.2 Å². The van der Waals surface area contributed by atoms with Crippen LogP contribution >= 0.6 is 0 Å². The number of carbonyl (C=O) groups excluding carboxylic acids is 1. The molecule has 10 heteroatoms. The summed E-state index contributed by atoms with van der Waals surface area (Å²) in [6, 6.07) is 22.5. The molecule has 2 atom stereocenters. The summed E-state index contributed by atoms with van der Waals surface area (Å²) < 4.78 is 38.0. The average Bonchev–Trinajstić information content (AvgIpc) is 3.43. The first-order valence-corrected chi connectivity index (χ1v) is 12.8. The lowest BCUT2D eigenvalue weighted by atomic mass is 9.98. The topological polar surface area (TPSA) is 143 Å². The number of hydrogen-bond acceptors (Lipinski definition) is 6. The largest absolute Gasteiger partial charge is 0.342 e. The zero-order valence-electron chi connectivity index (χ0n) is 20.6. The van der Waals surface area contributed by atoms with Crippen LogP contribution in [0.5, 0.6) is 0 Å². The number of aromatic nitrogens is 3. The quantitative estimate of drug-likeness (QED) is 0.361. The van der Waals surface area contributed by atoms with Crippen molar-refractivity contribution in [1.82, 2.24) is 15.1 Å². The van der Waals surface area contributed by atoms with Crippen molar-refractivity contribution in [3.8, 4) is 5.69 Å². The van der Waals surface area contributed by atoms with Crippen molar-refractivity contribution in [2.75, 3.05) is 0 Å². The zero-order chi connectivity index (χ0) is 26.7. The minimum absolute atomic E-state index is 0.0252. The molecule has 192 valence electrons. The molecule has 1 aliphatic carbocycles. The Morgan fingerprint density at radius 3 is 2.22 bits per heavy atom. The standard InChI is InChI=1S/C27H26N4O.ClHO4/c1-18-13-19(2)25(20(3)14-18)27(32)29-26-23-12-8-7-9-21(23)15-24(26)30-16-28-31(17-30)22-10-5-4-6-11-22;2-1(3,4)5/h4-14,16-17,24,26H,15H2,1-3H3;(H,2,3,4,5)/t24?,26-;/m1./s1. The molecule has 0 aliphatic heterocycles. The summed E-state index contributed by atoms with van der Waals surface area (Å²) in [6.07, 6.45) is 4.70. The van der Waals surface area contributed by atoms with E-state index in [-0.39, 0.29) is 18.0 Å². The molecule has 5 rings (SSSR count). The SMILES string of the molecule is Cc1cc(C)c(C(=O)N[C@@H]2c3ccccc3CC2[n+]2cnn(-c3ccccc3)c2)c(C)c1.[O-][Cl+3]([O-])([O-])[O-]. The van der Waals surface area contributed by atoms with Crippen molar-refractivity contribution in [2.24, 2.45) is 0 Å². The first-order valence-electron chi connectivity index (χ1n) is 11.6. The summed E-state index contributed by atoms with van der Waals surface area (Å²) in [5.74, 6) is -0.0252. The molecule has 0 saturated carbocycles. The molecule has 0 saturated heterocycles. The van der Waals surface area contributed by atoms with E-state index in [2.05, 4.69) is 52.2 Å². The van der Waals surface area contributed by atoms with E-state index in [9.17, 15) is 4.79 Å². The normalized spacial score (nSPS) is 16.5. The number of carbonyl (C=O) groups is 1. The molecular formula is C27H27ClN4O5. The molecule has 1 amide bonds. The fourth-order valence-corrected chi connectivity index (χ4v) is 4.96. The van der Waals surface area contributed by atoms with Crippen molar-refractivity contribution in [3.05, 3.63) is 113 Å². The van der Waals surface area contributed by atoms with Gasteiger partial charge in [0.2, 0.25) is 6.33 Å². The van der Waals surface area contributed by atoms with Crippen molar-refractivity contribution in [1.29, 1.82) is 0 Å². The number of aryl methyl sites for hydroxylation is 3. The fraction of sp³-hybridized carbons (Fsp3) is 0.222. The van der Waals surface area contributed by atoms with Gasteiger partial charge in [0.05, 0.1) is 6.04 Å². The van der Waals surface area contributed by atoms with Gasteiger partial charge in [0.1, 0.15) is 11.7 Å². The van der Waals surface area contributed by atoms with Gasteiger partial charge in [-0.1, -0.05) is 64.8 Å². The van der Waals surface area contributed by atoms with E-state index in [0.717, 1.165) is 28.8 Å². The maximum absolute atomic E-state index is 13.4. The molecule has 1 unspecified atom stereocenters. The molecule has 9 nitrogen and oxygen atoms in total. The van der Waals surface area contributed by atoms with E-state index in [4.69, 9.17) is 18.6 Å². The molecule has 3 aromatic carbocycles. The van der Waals surface area contributed by atoms with Gasteiger partial charge in [0.25, 0.3) is 12.2 Å². The molecule has 0 radical (unpaired) electrons. The van der Waals surface area contributed by atoms with Crippen LogP contribution in [0.15, 0.2) is 79.4 Å². The van der Waals surface area contributed by atoms with Crippen LogP contribution in [0.1, 0.15) is 50.3 Å². The summed E-state index contributed by atoms with van der Waals surface area (Å²) in [6.45, 7) is 6.08. The molecule has 1 aliphatic rings. The van der Waals surface area contributed by atoms with E-state index < -0.39 is 10.2 Å². The Hall–Kier alpha value is -3.60. The maximum Gasteiger partial charge on any atom is 0.265 e. The molecular weight excluding hydrogens is 496 g/mol. The van der Waals surface area contributed by atoms with Gasteiger partial charge in [0.15, 0.2) is 0 Å². The first-order chi connectivity index (χ1) is 17.5. The Bertz CT molecular complexity index is 1370. The van der Waals surface area contributed by atoms with Crippen LogP contribution in [0.3, 0.4) is 0 Å². The Morgan fingerprint density at radius 2 is 1.57 bits per heavy atom. The Labute approximate surface area is 217 Å². The predicted octanol–water partition coefficient (Wildman–Crippen LogP) is -0.402. The highest BCUT2D eigenvalue weighted by atomic mass is 35.7. The number of benzene rings is 3. The van der Waals surface area contributed by atoms with Gasteiger partial charge in [-0.25, -0.2) is 23.2 Å². The average molecular weight is 523 g/mol. The van der Waals surface area contributed by atoms with Crippen molar-refractivity contribution >= 4 is 5.91 Å². The lowest BCUT2D eigenvalue weighted by Gasteiger charge is -2.21. The molecule has 0 bridgehead atoms. The number of halogens is 1. The summed E-state index contributed by atoms with van der Waals surface area (Å²) in [5.41, 5.74) is 7.40. The highest BCUT2D eigenvalue weighted by molar-refractivity contribution is 5.97.